The van der Waals surface area contributed by atoms with E-state index in [-0.39, 0.29) is 14.9 Å². The van der Waals surface area contributed by atoms with Gasteiger partial charge in [0, 0.05) is 20.3 Å². The molecular weight excluding hydrogens is 360 g/mol. The van der Waals surface area contributed by atoms with Gasteiger partial charge in [0.2, 0.25) is 0 Å². The molecule has 0 aromatic carbocycles. The molecule has 20 heavy (non-hydrogen) atoms. The molecule has 0 radical (unpaired) electrons. The van der Waals surface area contributed by atoms with Crippen LogP contribution in [0.1, 0.15) is 22.3 Å². The Morgan fingerprint density at radius 3 is 1.65 bits per heavy atom. The Balaban J connectivity index is 3.52. The molecule has 1 rings (SSSR count). The number of carbonyl (C=O) groups is 4. The molecule has 0 saturated carbocycles. The van der Waals surface area contributed by atoms with Gasteiger partial charge in [-0.15, -0.1) is 11.3 Å². The van der Waals surface area contributed by atoms with Crippen LogP contribution in [0.3, 0.4) is 0 Å². The van der Waals surface area contributed by atoms with Crippen molar-refractivity contribution in [2.75, 3.05) is 0 Å². The van der Waals surface area contributed by atoms with Gasteiger partial charge in [0.1, 0.15) is 0 Å². The maximum Gasteiger partial charge on any atom is 0.323 e. The van der Waals surface area contributed by atoms with Gasteiger partial charge in [-0.1, -0.05) is 0 Å². The summed E-state index contributed by atoms with van der Waals surface area (Å²) in [4.78, 5) is 43.6. The van der Waals surface area contributed by atoms with Gasteiger partial charge in [-0.05, 0) is 15.9 Å². The molecule has 0 fully saturated rings. The van der Waals surface area contributed by atoms with Crippen LogP contribution in [0.25, 0.3) is 0 Å². The summed E-state index contributed by atoms with van der Waals surface area (Å²) in [6.07, 6.45) is 0. The van der Waals surface area contributed by atoms with Gasteiger partial charge >= 0.3 is 23.9 Å². The van der Waals surface area contributed by atoms with E-state index in [9.17, 15) is 19.2 Å². The van der Waals surface area contributed by atoms with Crippen LogP contribution in [-0.4, -0.2) is 44.3 Å². The van der Waals surface area contributed by atoms with Crippen molar-refractivity contribution >= 4 is 51.1 Å². The first-order valence-electron chi connectivity index (χ1n) is 4.86. The highest BCUT2D eigenvalue weighted by Crippen LogP contribution is 2.38. The summed E-state index contributed by atoms with van der Waals surface area (Å²) >= 11 is 3.59. The third-order valence-electron chi connectivity index (χ3n) is 2.35. The molecule has 0 amide bonds. The first-order chi connectivity index (χ1) is 9.18. The summed E-state index contributed by atoms with van der Waals surface area (Å²) in [6.45, 7) is 0. The van der Waals surface area contributed by atoms with Gasteiger partial charge in [0.25, 0.3) is 0 Å². The fourth-order valence-corrected chi connectivity index (χ4v) is 3.45. The van der Waals surface area contributed by atoms with Gasteiger partial charge in [-0.2, -0.15) is 0 Å². The maximum absolute atomic E-state index is 11.0. The largest absolute Gasteiger partial charge is 0.480 e. The van der Waals surface area contributed by atoms with Crippen LogP contribution >= 0.6 is 27.3 Å². The molecule has 0 saturated heterocycles. The molecule has 0 unspecified atom stereocenters. The molecule has 0 bridgehead atoms. The van der Waals surface area contributed by atoms with Crippen LogP contribution in [-0.2, 0) is 19.2 Å². The van der Waals surface area contributed by atoms with Gasteiger partial charge in [-0.25, -0.2) is 0 Å². The predicted octanol–water partition coefficient (Wildman–Crippen LogP) is 1.02. The number of rotatable bonds is 6. The normalized spacial score (nSPS) is 10.8. The van der Waals surface area contributed by atoms with Crippen molar-refractivity contribution in [1.29, 1.82) is 0 Å². The van der Waals surface area contributed by atoms with Crippen molar-refractivity contribution in [3.8, 4) is 0 Å². The minimum atomic E-state index is -2.05. The van der Waals surface area contributed by atoms with E-state index in [1.165, 1.54) is 5.38 Å². The fourth-order valence-electron chi connectivity index (χ4n) is 1.55. The van der Waals surface area contributed by atoms with E-state index in [2.05, 4.69) is 15.9 Å². The van der Waals surface area contributed by atoms with Crippen LogP contribution in [0, 0.1) is 0 Å². The van der Waals surface area contributed by atoms with E-state index in [1.54, 1.807) is 0 Å². The number of thiophene rings is 1. The molecule has 0 aliphatic carbocycles. The molecule has 1 aromatic heterocycles. The third kappa shape index (κ3) is 2.96. The number of carboxylic acid groups (broad SMARTS) is 4. The van der Waals surface area contributed by atoms with Gasteiger partial charge in [0.05, 0.1) is 0 Å². The highest BCUT2D eigenvalue weighted by atomic mass is 79.9. The lowest BCUT2D eigenvalue weighted by Crippen LogP contribution is -2.26. The summed E-state index contributed by atoms with van der Waals surface area (Å²) < 4.78 is 0.0415. The average molecular weight is 367 g/mol. The Hall–Kier alpha value is -1.94. The Morgan fingerprint density at radius 2 is 1.30 bits per heavy atom. The number of carboxylic acids is 4. The van der Waals surface area contributed by atoms with Crippen LogP contribution in [0.15, 0.2) is 9.85 Å². The van der Waals surface area contributed by atoms with Crippen LogP contribution in [0.2, 0.25) is 0 Å². The fraction of sp³-hybridized carbons (Fsp3) is 0.200. The minimum Gasteiger partial charge on any atom is -0.480 e. The summed E-state index contributed by atoms with van der Waals surface area (Å²) in [5.41, 5.74) is -0.371. The molecule has 0 aliphatic rings. The first kappa shape index (κ1) is 16.1. The lowest BCUT2D eigenvalue weighted by atomic mass is 9.94. The highest BCUT2D eigenvalue weighted by molar-refractivity contribution is 9.10. The predicted molar refractivity (Wildman–Crippen MR) is 68.0 cm³/mol. The molecule has 8 nitrogen and oxygen atoms in total. The number of halogens is 1. The van der Waals surface area contributed by atoms with Gasteiger partial charge in [0.15, 0.2) is 11.8 Å². The zero-order chi connectivity index (χ0) is 15.6. The smallest absolute Gasteiger partial charge is 0.323 e. The zero-order valence-corrected chi connectivity index (χ0v) is 11.8. The van der Waals surface area contributed by atoms with Crippen molar-refractivity contribution in [2.24, 2.45) is 0 Å². The van der Waals surface area contributed by atoms with E-state index in [4.69, 9.17) is 20.4 Å². The Labute approximate surface area is 123 Å². The Kier molecular flexibility index (Phi) is 4.84. The van der Waals surface area contributed by atoms with E-state index in [0.717, 1.165) is 0 Å². The molecule has 1 aromatic rings. The van der Waals surface area contributed by atoms with Crippen LogP contribution in [0.5, 0.6) is 0 Å². The van der Waals surface area contributed by atoms with Crippen molar-refractivity contribution in [1.82, 2.24) is 0 Å². The number of aliphatic carboxylic acids is 4. The quantitative estimate of drug-likeness (QED) is 0.545. The monoisotopic (exact) mass is 366 g/mol. The molecule has 108 valence electrons. The van der Waals surface area contributed by atoms with E-state index in [0.29, 0.717) is 11.3 Å². The zero-order valence-electron chi connectivity index (χ0n) is 9.44. The molecular formula is C10H7BrO8S. The first-order valence-corrected chi connectivity index (χ1v) is 6.53. The lowest BCUT2D eigenvalue weighted by molar-refractivity contribution is -0.153. The summed E-state index contributed by atoms with van der Waals surface area (Å²) in [7, 11) is 0. The molecule has 4 N–H and O–H groups in total. The summed E-state index contributed by atoms with van der Waals surface area (Å²) in [5.74, 6) is -10.9. The molecule has 0 atom stereocenters. The van der Waals surface area contributed by atoms with Crippen molar-refractivity contribution in [3.05, 3.63) is 20.3 Å². The topological polar surface area (TPSA) is 149 Å². The second kappa shape index (κ2) is 6.01. The Morgan fingerprint density at radius 1 is 0.900 bits per heavy atom. The van der Waals surface area contributed by atoms with E-state index >= 15 is 0 Å². The van der Waals surface area contributed by atoms with Gasteiger partial charge in [-0.3, -0.25) is 19.2 Å². The minimum absolute atomic E-state index is 0.0415. The molecule has 1 heterocycles. The van der Waals surface area contributed by atoms with Crippen LogP contribution in [0.4, 0.5) is 0 Å². The summed E-state index contributed by atoms with van der Waals surface area (Å²) in [5, 5.41) is 36.9. The molecule has 0 aliphatic heterocycles. The second-order valence-corrected chi connectivity index (χ2v) is 5.35. The van der Waals surface area contributed by atoms with Crippen molar-refractivity contribution in [2.45, 2.75) is 11.8 Å². The second-order valence-electron chi connectivity index (χ2n) is 3.58. The number of hydrogen-bond acceptors (Lipinski definition) is 5. The highest BCUT2D eigenvalue weighted by Gasteiger charge is 2.39. The standard InChI is InChI=1S/C10H7BrO8S/c11-2-1-20-6(5(9(16)17)10(18)19)3(2)4(7(12)13)8(14)15/h1,4-5H,(H,12,13)(H,14,15)(H,16,17)(H,18,19). The number of hydrogen-bond donors (Lipinski definition) is 4. The SMILES string of the molecule is O=C(O)C(C(=O)O)c1scc(Br)c1C(C(=O)O)C(=O)O. The average Bonchev–Trinajstić information content (AvgIpc) is 2.60. The van der Waals surface area contributed by atoms with E-state index in [1.807, 2.05) is 0 Å². The maximum atomic E-state index is 11.0. The Bertz CT molecular complexity index is 564. The van der Waals surface area contributed by atoms with Crippen molar-refractivity contribution < 1.29 is 39.6 Å². The molecule has 10 heteroatoms. The summed E-state index contributed by atoms with van der Waals surface area (Å²) in [6, 6.07) is 0. The third-order valence-corrected chi connectivity index (χ3v) is 4.37. The van der Waals surface area contributed by atoms with Crippen molar-refractivity contribution in [3.63, 3.8) is 0 Å². The van der Waals surface area contributed by atoms with E-state index < -0.39 is 35.7 Å². The van der Waals surface area contributed by atoms with Gasteiger partial charge < -0.3 is 20.4 Å². The lowest BCUT2D eigenvalue weighted by Gasteiger charge is -2.13. The molecule has 0 spiro atoms. The van der Waals surface area contributed by atoms with Crippen LogP contribution < -0.4 is 0 Å².